The van der Waals surface area contributed by atoms with Crippen LogP contribution < -0.4 is 4.74 Å². The molecule has 1 rings (SSSR count). The van der Waals surface area contributed by atoms with Crippen molar-refractivity contribution in [3.8, 4) is 5.75 Å². The Morgan fingerprint density at radius 3 is 2.88 bits per heavy atom. The van der Waals surface area contributed by atoms with Gasteiger partial charge in [0.1, 0.15) is 5.75 Å². The number of rotatable bonds is 7. The molecule has 0 heterocycles. The van der Waals surface area contributed by atoms with Crippen LogP contribution in [0, 0.1) is 10.1 Å². The molecule has 0 unspecified atom stereocenters. The number of nitrogens with zero attached hydrogens (tertiary/aromatic N) is 1. The minimum absolute atomic E-state index is 0.0366. The van der Waals surface area contributed by atoms with E-state index in [4.69, 9.17) is 9.84 Å². The number of thioether (sulfide) groups is 1. The molecule has 0 spiro atoms. The first-order valence-electron chi connectivity index (χ1n) is 5.19. The number of nitro benzene ring substituents is 1. The van der Waals surface area contributed by atoms with Crippen molar-refractivity contribution < 1.29 is 14.8 Å². The van der Waals surface area contributed by atoms with Crippen LogP contribution in [0.4, 0.5) is 5.69 Å². The van der Waals surface area contributed by atoms with Crippen LogP contribution in [-0.4, -0.2) is 28.6 Å². The topological polar surface area (TPSA) is 72.6 Å². The predicted octanol–water partition coefficient (Wildman–Crippen LogP) is 2.22. The Morgan fingerprint density at radius 2 is 2.29 bits per heavy atom. The van der Waals surface area contributed by atoms with Gasteiger partial charge >= 0.3 is 0 Å². The Labute approximate surface area is 104 Å². The molecule has 6 heteroatoms. The number of aliphatic hydroxyl groups is 1. The van der Waals surface area contributed by atoms with Crippen LogP contribution in [-0.2, 0) is 6.61 Å². The second kappa shape index (κ2) is 7.13. The average molecular weight is 257 g/mol. The summed E-state index contributed by atoms with van der Waals surface area (Å²) in [5.74, 6) is 1.51. The van der Waals surface area contributed by atoms with Crippen LogP contribution >= 0.6 is 11.8 Å². The van der Waals surface area contributed by atoms with Crippen molar-refractivity contribution in [2.45, 2.75) is 13.0 Å². The van der Waals surface area contributed by atoms with E-state index in [0.29, 0.717) is 17.9 Å². The summed E-state index contributed by atoms with van der Waals surface area (Å²) in [6, 6.07) is 4.25. The molecule has 0 aliphatic carbocycles. The van der Waals surface area contributed by atoms with Crippen LogP contribution in [0.5, 0.6) is 5.75 Å². The van der Waals surface area contributed by atoms with Crippen molar-refractivity contribution in [1.82, 2.24) is 0 Å². The maximum absolute atomic E-state index is 10.6. The molecular weight excluding hydrogens is 242 g/mol. The molecule has 0 saturated carbocycles. The van der Waals surface area contributed by atoms with Gasteiger partial charge in [0.15, 0.2) is 0 Å². The normalized spacial score (nSPS) is 10.2. The molecule has 94 valence electrons. The molecule has 1 aromatic carbocycles. The lowest BCUT2D eigenvalue weighted by Crippen LogP contribution is -2.02. The lowest BCUT2D eigenvalue weighted by atomic mass is 10.2. The predicted molar refractivity (Wildman–Crippen MR) is 67.5 cm³/mol. The van der Waals surface area contributed by atoms with E-state index in [2.05, 4.69) is 0 Å². The Balaban J connectivity index is 2.68. The fourth-order valence-electron chi connectivity index (χ4n) is 1.33. The minimum Gasteiger partial charge on any atom is -0.493 e. The van der Waals surface area contributed by atoms with Crippen LogP contribution in [0.25, 0.3) is 0 Å². The van der Waals surface area contributed by atoms with Crippen LogP contribution in [0.1, 0.15) is 12.0 Å². The number of hydrogen-bond donors (Lipinski definition) is 1. The summed E-state index contributed by atoms with van der Waals surface area (Å²) in [5.41, 5.74) is 0.411. The van der Waals surface area contributed by atoms with E-state index < -0.39 is 4.92 Å². The summed E-state index contributed by atoms with van der Waals surface area (Å²) in [4.78, 5) is 10.1. The first kappa shape index (κ1) is 13.8. The maximum atomic E-state index is 10.6. The molecule has 0 fully saturated rings. The van der Waals surface area contributed by atoms with E-state index in [1.165, 1.54) is 18.2 Å². The van der Waals surface area contributed by atoms with Gasteiger partial charge in [0, 0.05) is 17.7 Å². The lowest BCUT2D eigenvalue weighted by Gasteiger charge is -2.09. The van der Waals surface area contributed by atoms with E-state index in [1.54, 1.807) is 11.8 Å². The molecule has 1 aromatic rings. The Hall–Kier alpha value is -1.27. The highest BCUT2D eigenvalue weighted by Crippen LogP contribution is 2.24. The van der Waals surface area contributed by atoms with Crippen LogP contribution in [0.3, 0.4) is 0 Å². The number of benzene rings is 1. The summed E-state index contributed by atoms with van der Waals surface area (Å²) in [6.45, 7) is 0.283. The maximum Gasteiger partial charge on any atom is 0.270 e. The van der Waals surface area contributed by atoms with E-state index in [9.17, 15) is 10.1 Å². The third kappa shape index (κ3) is 4.24. The van der Waals surface area contributed by atoms with Gasteiger partial charge in [-0.25, -0.2) is 0 Å². The van der Waals surface area contributed by atoms with Crippen molar-refractivity contribution in [2.24, 2.45) is 0 Å². The van der Waals surface area contributed by atoms with Gasteiger partial charge in [-0.15, -0.1) is 0 Å². The van der Waals surface area contributed by atoms with Crippen molar-refractivity contribution >= 4 is 17.4 Å². The largest absolute Gasteiger partial charge is 0.493 e. The Bertz CT molecular complexity index is 384. The van der Waals surface area contributed by atoms with Gasteiger partial charge in [-0.1, -0.05) is 0 Å². The zero-order valence-corrected chi connectivity index (χ0v) is 10.4. The van der Waals surface area contributed by atoms with Gasteiger partial charge in [0.05, 0.1) is 18.1 Å². The van der Waals surface area contributed by atoms with E-state index >= 15 is 0 Å². The fraction of sp³-hybridized carbons (Fsp3) is 0.455. The van der Waals surface area contributed by atoms with Crippen molar-refractivity contribution in [3.63, 3.8) is 0 Å². The minimum atomic E-state index is -0.489. The summed E-state index contributed by atoms with van der Waals surface area (Å²) in [5, 5.41) is 19.7. The molecule has 0 radical (unpaired) electrons. The highest BCUT2D eigenvalue weighted by Gasteiger charge is 2.10. The number of non-ortho nitro benzene ring substituents is 1. The molecular formula is C11H15NO4S. The third-order valence-electron chi connectivity index (χ3n) is 2.18. The second-order valence-corrected chi connectivity index (χ2v) is 4.39. The Kier molecular flexibility index (Phi) is 5.79. The molecule has 0 saturated heterocycles. The van der Waals surface area contributed by atoms with Crippen LogP contribution in [0.15, 0.2) is 18.2 Å². The lowest BCUT2D eigenvalue weighted by molar-refractivity contribution is -0.385. The second-order valence-electron chi connectivity index (χ2n) is 3.40. The van der Waals surface area contributed by atoms with Gasteiger partial charge in [-0.05, 0) is 24.5 Å². The molecule has 0 aromatic heterocycles. The van der Waals surface area contributed by atoms with Gasteiger partial charge in [-0.2, -0.15) is 11.8 Å². The van der Waals surface area contributed by atoms with Crippen molar-refractivity contribution in [2.75, 3.05) is 18.6 Å². The highest BCUT2D eigenvalue weighted by atomic mass is 32.2. The van der Waals surface area contributed by atoms with E-state index in [1.807, 2.05) is 6.26 Å². The molecule has 0 aliphatic heterocycles. The van der Waals surface area contributed by atoms with Gasteiger partial charge in [-0.3, -0.25) is 10.1 Å². The molecule has 0 bridgehead atoms. The first-order valence-corrected chi connectivity index (χ1v) is 6.58. The molecule has 0 amide bonds. The quantitative estimate of drug-likeness (QED) is 0.460. The Morgan fingerprint density at radius 1 is 1.53 bits per heavy atom. The van der Waals surface area contributed by atoms with Crippen molar-refractivity contribution in [3.05, 3.63) is 33.9 Å². The zero-order chi connectivity index (χ0) is 12.7. The van der Waals surface area contributed by atoms with E-state index in [-0.39, 0.29) is 12.3 Å². The zero-order valence-electron chi connectivity index (χ0n) is 9.59. The molecule has 5 nitrogen and oxygen atoms in total. The van der Waals surface area contributed by atoms with Gasteiger partial charge in [0.25, 0.3) is 5.69 Å². The van der Waals surface area contributed by atoms with Gasteiger partial charge in [0.2, 0.25) is 0 Å². The summed E-state index contributed by atoms with van der Waals surface area (Å²) in [7, 11) is 0. The van der Waals surface area contributed by atoms with E-state index in [0.717, 1.165) is 12.2 Å². The smallest absolute Gasteiger partial charge is 0.270 e. The number of ether oxygens (including phenoxy) is 1. The molecule has 0 atom stereocenters. The summed E-state index contributed by atoms with van der Waals surface area (Å²) in [6.07, 6.45) is 2.92. The van der Waals surface area contributed by atoms with Crippen LogP contribution in [0.2, 0.25) is 0 Å². The third-order valence-corrected chi connectivity index (χ3v) is 2.87. The van der Waals surface area contributed by atoms with Crippen molar-refractivity contribution in [1.29, 1.82) is 0 Å². The fourth-order valence-corrected chi connectivity index (χ4v) is 1.74. The summed E-state index contributed by atoms with van der Waals surface area (Å²) >= 11 is 1.73. The average Bonchev–Trinajstić information content (AvgIpc) is 2.34. The standard InChI is InChI=1S/C11H15NO4S/c1-17-6-2-5-16-11-4-3-10(12(14)15)7-9(11)8-13/h3-4,7,13H,2,5-6,8H2,1H3. The molecule has 0 aliphatic rings. The molecule has 1 N–H and O–H groups in total. The summed E-state index contributed by atoms with van der Waals surface area (Å²) < 4.78 is 5.47. The number of hydrogen-bond acceptors (Lipinski definition) is 5. The first-order chi connectivity index (χ1) is 8.19. The number of aliphatic hydroxyl groups excluding tert-OH is 1. The molecule has 17 heavy (non-hydrogen) atoms. The van der Waals surface area contributed by atoms with Gasteiger partial charge < -0.3 is 9.84 Å². The highest BCUT2D eigenvalue weighted by molar-refractivity contribution is 7.98. The number of nitro groups is 1. The monoisotopic (exact) mass is 257 g/mol. The SMILES string of the molecule is CSCCCOc1ccc([N+](=O)[O-])cc1CO.